The van der Waals surface area contributed by atoms with E-state index in [1.807, 2.05) is 60.7 Å². The molecule has 3 aliphatic rings. The minimum Gasteiger partial charge on any atom is -0.389 e. The SMILES string of the molecule is O=C1c2ccccc2C(=O)N1C1(c2ccc(-c3nc4c(cnc5ccnn54)nc3-c3ccccc3)cc2)CC(O)(C2CC2)C1. The van der Waals surface area contributed by atoms with Crippen molar-refractivity contribution in [1.82, 2.24) is 29.5 Å². The van der Waals surface area contributed by atoms with Crippen molar-refractivity contribution in [1.29, 1.82) is 0 Å². The van der Waals surface area contributed by atoms with Gasteiger partial charge in [-0.05, 0) is 36.5 Å². The average Bonchev–Trinajstić information content (AvgIpc) is 3.74. The van der Waals surface area contributed by atoms with Crippen molar-refractivity contribution in [2.75, 3.05) is 0 Å². The van der Waals surface area contributed by atoms with Gasteiger partial charge < -0.3 is 5.11 Å². The fourth-order valence-corrected chi connectivity index (χ4v) is 7.24. The molecule has 9 nitrogen and oxygen atoms in total. The zero-order chi connectivity index (χ0) is 29.6. The van der Waals surface area contributed by atoms with Crippen LogP contribution in [0.4, 0.5) is 0 Å². The number of imide groups is 1. The van der Waals surface area contributed by atoms with E-state index in [0.29, 0.717) is 52.2 Å². The molecule has 0 atom stereocenters. The molecule has 214 valence electrons. The maximum atomic E-state index is 13.7. The van der Waals surface area contributed by atoms with Crippen molar-refractivity contribution in [3.8, 4) is 22.5 Å². The molecule has 2 fully saturated rings. The van der Waals surface area contributed by atoms with E-state index < -0.39 is 11.1 Å². The molecule has 0 radical (unpaired) electrons. The Morgan fingerprint density at radius 2 is 1.39 bits per heavy atom. The third-order valence-electron chi connectivity index (χ3n) is 9.55. The van der Waals surface area contributed by atoms with Crippen molar-refractivity contribution in [2.45, 2.75) is 36.8 Å². The summed E-state index contributed by atoms with van der Waals surface area (Å²) in [5.41, 5.74) is 4.83. The Kier molecular flexibility index (Phi) is 5.09. The highest BCUT2D eigenvalue weighted by Crippen LogP contribution is 2.61. The molecule has 1 N–H and O–H groups in total. The van der Waals surface area contributed by atoms with Gasteiger partial charge in [0, 0.05) is 30.0 Å². The Morgan fingerprint density at radius 3 is 2.07 bits per heavy atom. The highest BCUT2D eigenvalue weighted by atomic mass is 16.3. The van der Waals surface area contributed by atoms with Gasteiger partial charge in [0.05, 0.1) is 46.0 Å². The molecule has 3 aromatic carbocycles. The third kappa shape index (κ3) is 3.50. The maximum absolute atomic E-state index is 13.7. The van der Waals surface area contributed by atoms with E-state index in [0.717, 1.165) is 29.5 Å². The molecule has 6 aromatic rings. The fraction of sp³-hybridized carbons (Fsp3) is 0.200. The van der Waals surface area contributed by atoms with Crippen LogP contribution in [0.3, 0.4) is 0 Å². The van der Waals surface area contributed by atoms with Crippen LogP contribution in [0.25, 0.3) is 39.3 Å². The lowest BCUT2D eigenvalue weighted by molar-refractivity contribution is -0.143. The van der Waals surface area contributed by atoms with Gasteiger partial charge in [0.2, 0.25) is 0 Å². The van der Waals surface area contributed by atoms with Crippen LogP contribution in [0.2, 0.25) is 0 Å². The summed E-state index contributed by atoms with van der Waals surface area (Å²) >= 11 is 0. The monoisotopic (exact) mass is 578 g/mol. The van der Waals surface area contributed by atoms with Gasteiger partial charge >= 0.3 is 0 Å². The van der Waals surface area contributed by atoms with Crippen molar-refractivity contribution in [3.05, 3.63) is 114 Å². The number of rotatable bonds is 5. The van der Waals surface area contributed by atoms with Crippen molar-refractivity contribution < 1.29 is 14.7 Å². The number of aromatic nitrogens is 5. The first kappa shape index (κ1) is 25.2. The molecule has 2 amide bonds. The van der Waals surface area contributed by atoms with E-state index in [4.69, 9.17) is 9.97 Å². The second kappa shape index (κ2) is 8.87. The number of hydrogen-bond acceptors (Lipinski definition) is 7. The second-order valence-electron chi connectivity index (χ2n) is 12.2. The maximum Gasteiger partial charge on any atom is 0.262 e. The third-order valence-corrected chi connectivity index (χ3v) is 9.55. The number of nitrogens with zero attached hydrogens (tertiary/aromatic N) is 6. The number of carbonyl (C=O) groups is 2. The van der Waals surface area contributed by atoms with E-state index in [1.54, 1.807) is 41.2 Å². The molecule has 44 heavy (non-hydrogen) atoms. The van der Waals surface area contributed by atoms with Crippen LogP contribution in [0.15, 0.2) is 97.3 Å². The van der Waals surface area contributed by atoms with E-state index in [1.165, 1.54) is 4.90 Å². The van der Waals surface area contributed by atoms with Gasteiger partial charge in [-0.15, -0.1) is 0 Å². The number of fused-ring (bicyclic) bond motifs is 4. The Morgan fingerprint density at radius 1 is 0.750 bits per heavy atom. The quantitative estimate of drug-likeness (QED) is 0.271. The average molecular weight is 579 g/mol. The number of carbonyl (C=O) groups excluding carboxylic acids is 2. The number of amides is 2. The molecular weight excluding hydrogens is 552 g/mol. The molecule has 3 aromatic heterocycles. The summed E-state index contributed by atoms with van der Waals surface area (Å²) in [4.78, 5) is 43.3. The normalized spacial score (nSPS) is 22.9. The van der Waals surface area contributed by atoms with Crippen LogP contribution < -0.4 is 0 Å². The van der Waals surface area contributed by atoms with Gasteiger partial charge in [-0.3, -0.25) is 14.5 Å². The first-order chi connectivity index (χ1) is 21.5. The molecule has 0 saturated heterocycles. The smallest absolute Gasteiger partial charge is 0.262 e. The van der Waals surface area contributed by atoms with E-state index in [-0.39, 0.29) is 17.7 Å². The van der Waals surface area contributed by atoms with Crippen molar-refractivity contribution in [2.24, 2.45) is 5.92 Å². The van der Waals surface area contributed by atoms with Gasteiger partial charge in [0.1, 0.15) is 5.52 Å². The molecule has 9 heteroatoms. The standard InChI is InChI=1S/C35H26N6O3/c42-32-25-8-4-5-9-26(25)33(43)40(32)34(19-35(44,20-34)24-14-15-24)23-12-10-22(11-13-23)30-29(21-6-2-1-3-7-21)38-27-18-36-28-16-17-37-41(28)31(27)39-30/h1-13,16-18,24,44H,14-15,19-20H2. The predicted molar refractivity (Wildman–Crippen MR) is 162 cm³/mol. The van der Waals surface area contributed by atoms with Gasteiger partial charge in [-0.1, -0.05) is 66.7 Å². The largest absolute Gasteiger partial charge is 0.389 e. The van der Waals surface area contributed by atoms with Crippen LogP contribution in [0.5, 0.6) is 0 Å². The lowest BCUT2D eigenvalue weighted by Gasteiger charge is -2.57. The first-order valence-electron chi connectivity index (χ1n) is 14.8. The van der Waals surface area contributed by atoms with Crippen LogP contribution in [0.1, 0.15) is 52.0 Å². The van der Waals surface area contributed by atoms with Crippen LogP contribution in [0, 0.1) is 5.92 Å². The summed E-state index contributed by atoms with van der Waals surface area (Å²) < 4.78 is 1.68. The first-order valence-corrected chi connectivity index (χ1v) is 14.8. The summed E-state index contributed by atoms with van der Waals surface area (Å²) in [6, 6.07) is 26.5. The highest BCUT2D eigenvalue weighted by molar-refractivity contribution is 6.22. The van der Waals surface area contributed by atoms with E-state index in [9.17, 15) is 14.7 Å². The minimum atomic E-state index is -0.937. The number of benzene rings is 3. The topological polar surface area (TPSA) is 114 Å². The van der Waals surface area contributed by atoms with Crippen molar-refractivity contribution >= 4 is 28.6 Å². The van der Waals surface area contributed by atoms with E-state index >= 15 is 0 Å². The van der Waals surface area contributed by atoms with Crippen molar-refractivity contribution in [3.63, 3.8) is 0 Å². The molecule has 0 unspecified atom stereocenters. The highest BCUT2D eigenvalue weighted by Gasteiger charge is 2.66. The van der Waals surface area contributed by atoms with Crippen LogP contribution >= 0.6 is 0 Å². The van der Waals surface area contributed by atoms with Gasteiger partial charge in [-0.2, -0.15) is 9.61 Å². The summed E-state index contributed by atoms with van der Waals surface area (Å²) in [7, 11) is 0. The Labute approximate surface area is 251 Å². The molecular formula is C35H26N6O3. The minimum absolute atomic E-state index is 0.208. The molecule has 0 bridgehead atoms. The Hall–Kier alpha value is -5.28. The summed E-state index contributed by atoms with van der Waals surface area (Å²) in [5, 5.41) is 15.9. The molecule has 2 saturated carbocycles. The Balaban J connectivity index is 1.18. The zero-order valence-electron chi connectivity index (χ0n) is 23.6. The fourth-order valence-electron chi connectivity index (χ4n) is 7.24. The summed E-state index contributed by atoms with van der Waals surface area (Å²) in [6.45, 7) is 0. The zero-order valence-corrected chi connectivity index (χ0v) is 23.6. The molecule has 0 spiro atoms. The lowest BCUT2D eigenvalue weighted by atomic mass is 9.58. The molecule has 2 aliphatic carbocycles. The molecule has 1 aliphatic heterocycles. The molecule has 9 rings (SSSR count). The summed E-state index contributed by atoms with van der Waals surface area (Å²) in [5.74, 6) is -0.410. The van der Waals surface area contributed by atoms with Gasteiger partial charge in [0.25, 0.3) is 11.8 Å². The van der Waals surface area contributed by atoms with Crippen LogP contribution in [-0.2, 0) is 5.54 Å². The van der Waals surface area contributed by atoms with Crippen LogP contribution in [-0.4, -0.2) is 52.0 Å². The van der Waals surface area contributed by atoms with Gasteiger partial charge in [-0.25, -0.2) is 15.0 Å². The lowest BCUT2D eigenvalue weighted by Crippen LogP contribution is -2.65. The Bertz CT molecular complexity index is 2110. The predicted octanol–water partition coefficient (Wildman–Crippen LogP) is 5.43. The number of hydrogen-bond donors (Lipinski definition) is 1. The summed E-state index contributed by atoms with van der Waals surface area (Å²) in [6.07, 6.45) is 5.98. The van der Waals surface area contributed by atoms with E-state index in [2.05, 4.69) is 10.1 Å². The van der Waals surface area contributed by atoms with Gasteiger partial charge in [0.15, 0.2) is 11.3 Å². The molecule has 4 heterocycles. The number of aliphatic hydroxyl groups is 1. The second-order valence-corrected chi connectivity index (χ2v) is 12.2.